The number of carboxylic acid groups (broad SMARTS) is 1. The Morgan fingerprint density at radius 2 is 1.94 bits per heavy atom. The van der Waals surface area contributed by atoms with Gasteiger partial charge in [0.1, 0.15) is 0 Å². The SMILES string of the molecule is CC(C)(O)[C@H](NC(=O)CN1CCOCC1)C(=O)O. The third kappa shape index (κ3) is 4.59. The molecule has 7 heteroatoms. The molecule has 0 aromatic rings. The van der Waals surface area contributed by atoms with Crippen LogP contribution in [-0.4, -0.2) is 71.5 Å². The zero-order valence-corrected chi connectivity index (χ0v) is 10.7. The Bertz CT molecular complexity index is 307. The van der Waals surface area contributed by atoms with Gasteiger partial charge in [0, 0.05) is 13.1 Å². The number of nitrogens with one attached hydrogen (secondary N) is 1. The number of nitrogens with zero attached hydrogens (tertiary/aromatic N) is 1. The van der Waals surface area contributed by atoms with Crippen molar-refractivity contribution >= 4 is 11.9 Å². The molecule has 0 saturated carbocycles. The quantitative estimate of drug-likeness (QED) is 0.566. The molecule has 0 unspecified atom stereocenters. The average molecular weight is 260 g/mol. The zero-order chi connectivity index (χ0) is 13.8. The van der Waals surface area contributed by atoms with Gasteiger partial charge in [0.05, 0.1) is 25.4 Å². The van der Waals surface area contributed by atoms with E-state index >= 15 is 0 Å². The number of aliphatic hydroxyl groups is 1. The molecule has 7 nitrogen and oxygen atoms in total. The van der Waals surface area contributed by atoms with Crippen LogP contribution in [0, 0.1) is 0 Å². The molecule has 1 heterocycles. The van der Waals surface area contributed by atoms with Crippen LogP contribution >= 0.6 is 0 Å². The van der Waals surface area contributed by atoms with Crippen LogP contribution in [0.5, 0.6) is 0 Å². The summed E-state index contributed by atoms with van der Waals surface area (Å²) in [6.07, 6.45) is 0. The predicted octanol–water partition coefficient (Wildman–Crippen LogP) is -1.34. The second kappa shape index (κ2) is 6.12. The molecule has 1 fully saturated rings. The third-order valence-corrected chi connectivity index (χ3v) is 2.73. The number of morpholine rings is 1. The molecule has 104 valence electrons. The zero-order valence-electron chi connectivity index (χ0n) is 10.7. The van der Waals surface area contributed by atoms with Gasteiger partial charge in [0.2, 0.25) is 5.91 Å². The van der Waals surface area contributed by atoms with Gasteiger partial charge in [-0.1, -0.05) is 0 Å². The van der Waals surface area contributed by atoms with Crippen LogP contribution in [0.1, 0.15) is 13.8 Å². The van der Waals surface area contributed by atoms with E-state index in [1.807, 2.05) is 4.90 Å². The first-order valence-corrected chi connectivity index (χ1v) is 5.85. The Balaban J connectivity index is 2.48. The molecule has 1 aliphatic rings. The number of hydrogen-bond acceptors (Lipinski definition) is 5. The summed E-state index contributed by atoms with van der Waals surface area (Å²) in [6.45, 7) is 5.24. The van der Waals surface area contributed by atoms with E-state index in [1.54, 1.807) is 0 Å². The molecule has 1 saturated heterocycles. The smallest absolute Gasteiger partial charge is 0.329 e. The normalized spacial score (nSPS) is 19.3. The minimum Gasteiger partial charge on any atom is -0.480 e. The first-order valence-electron chi connectivity index (χ1n) is 5.85. The topological polar surface area (TPSA) is 99.1 Å². The van der Waals surface area contributed by atoms with Gasteiger partial charge >= 0.3 is 5.97 Å². The summed E-state index contributed by atoms with van der Waals surface area (Å²) in [5, 5.41) is 21.0. The Morgan fingerprint density at radius 1 is 1.39 bits per heavy atom. The maximum absolute atomic E-state index is 11.7. The number of rotatable bonds is 5. The predicted molar refractivity (Wildman–Crippen MR) is 63.1 cm³/mol. The summed E-state index contributed by atoms with van der Waals surface area (Å²) in [5.41, 5.74) is -1.51. The second-order valence-electron chi connectivity index (χ2n) is 4.88. The van der Waals surface area contributed by atoms with Crippen molar-refractivity contribution < 1.29 is 24.5 Å². The molecule has 1 aliphatic heterocycles. The Kier molecular flexibility index (Phi) is 5.06. The molecular formula is C11H20N2O5. The maximum Gasteiger partial charge on any atom is 0.329 e. The Hall–Kier alpha value is -1.18. The van der Waals surface area contributed by atoms with Gasteiger partial charge in [-0.25, -0.2) is 4.79 Å². The van der Waals surface area contributed by atoms with E-state index in [1.165, 1.54) is 13.8 Å². The fraction of sp³-hybridized carbons (Fsp3) is 0.818. The standard InChI is InChI=1S/C11H20N2O5/c1-11(2,17)9(10(15)16)12-8(14)7-13-3-5-18-6-4-13/h9,17H,3-7H2,1-2H3,(H,12,14)(H,15,16)/t9-/m1/s1. The van der Waals surface area contributed by atoms with Crippen molar-refractivity contribution in [2.24, 2.45) is 0 Å². The first-order chi connectivity index (χ1) is 8.30. The molecule has 0 aromatic carbocycles. The van der Waals surface area contributed by atoms with Crippen molar-refractivity contribution in [3.8, 4) is 0 Å². The van der Waals surface area contributed by atoms with Crippen molar-refractivity contribution in [2.75, 3.05) is 32.8 Å². The minimum atomic E-state index is -1.51. The minimum absolute atomic E-state index is 0.114. The molecule has 0 radical (unpaired) electrons. The number of ether oxygens (including phenoxy) is 1. The second-order valence-corrected chi connectivity index (χ2v) is 4.88. The summed E-state index contributed by atoms with van der Waals surface area (Å²) in [7, 11) is 0. The van der Waals surface area contributed by atoms with Gasteiger partial charge in [-0.2, -0.15) is 0 Å². The number of amides is 1. The largest absolute Gasteiger partial charge is 0.480 e. The van der Waals surface area contributed by atoms with E-state index < -0.39 is 23.5 Å². The van der Waals surface area contributed by atoms with Crippen LogP contribution in [0.25, 0.3) is 0 Å². The molecule has 1 rings (SSSR count). The van der Waals surface area contributed by atoms with E-state index in [9.17, 15) is 14.7 Å². The Morgan fingerprint density at radius 3 is 2.39 bits per heavy atom. The number of carbonyl (C=O) groups excluding carboxylic acids is 1. The molecule has 0 spiro atoms. The fourth-order valence-corrected chi connectivity index (χ4v) is 1.71. The molecule has 18 heavy (non-hydrogen) atoms. The van der Waals surface area contributed by atoms with Crippen molar-refractivity contribution in [2.45, 2.75) is 25.5 Å². The summed E-state index contributed by atoms with van der Waals surface area (Å²) < 4.78 is 5.15. The van der Waals surface area contributed by atoms with Crippen molar-refractivity contribution in [3.05, 3.63) is 0 Å². The van der Waals surface area contributed by atoms with Crippen LogP contribution in [0.15, 0.2) is 0 Å². The lowest BCUT2D eigenvalue weighted by Crippen LogP contribution is -2.56. The first kappa shape index (κ1) is 14.9. The van der Waals surface area contributed by atoms with E-state index in [-0.39, 0.29) is 6.54 Å². The van der Waals surface area contributed by atoms with E-state index in [2.05, 4.69) is 5.32 Å². The van der Waals surface area contributed by atoms with Gasteiger partial charge in [-0.15, -0.1) is 0 Å². The number of carboxylic acids is 1. The summed E-state index contributed by atoms with van der Waals surface area (Å²) in [5.74, 6) is -1.66. The van der Waals surface area contributed by atoms with E-state index in [4.69, 9.17) is 9.84 Å². The van der Waals surface area contributed by atoms with Gasteiger partial charge < -0.3 is 20.3 Å². The van der Waals surface area contributed by atoms with Crippen LogP contribution < -0.4 is 5.32 Å². The monoisotopic (exact) mass is 260 g/mol. The molecular weight excluding hydrogens is 240 g/mol. The van der Waals surface area contributed by atoms with Gasteiger partial charge in [-0.3, -0.25) is 9.69 Å². The van der Waals surface area contributed by atoms with Gasteiger partial charge in [-0.05, 0) is 13.8 Å². The highest BCUT2D eigenvalue weighted by atomic mass is 16.5. The molecule has 0 aliphatic carbocycles. The number of hydrogen-bond donors (Lipinski definition) is 3. The molecule has 0 bridgehead atoms. The average Bonchev–Trinajstić information content (AvgIpc) is 2.25. The van der Waals surface area contributed by atoms with Crippen molar-refractivity contribution in [1.29, 1.82) is 0 Å². The molecule has 1 amide bonds. The van der Waals surface area contributed by atoms with Crippen LogP contribution in [0.2, 0.25) is 0 Å². The van der Waals surface area contributed by atoms with Gasteiger partial charge in [0.25, 0.3) is 0 Å². The summed E-state index contributed by atoms with van der Waals surface area (Å²) >= 11 is 0. The highest BCUT2D eigenvalue weighted by molar-refractivity contribution is 5.85. The van der Waals surface area contributed by atoms with Crippen LogP contribution in [-0.2, 0) is 14.3 Å². The summed E-state index contributed by atoms with van der Waals surface area (Å²) in [4.78, 5) is 24.5. The third-order valence-electron chi connectivity index (χ3n) is 2.73. The lowest BCUT2D eigenvalue weighted by Gasteiger charge is -2.29. The maximum atomic E-state index is 11.7. The highest BCUT2D eigenvalue weighted by Crippen LogP contribution is 2.08. The molecule has 1 atom stereocenters. The fourth-order valence-electron chi connectivity index (χ4n) is 1.71. The lowest BCUT2D eigenvalue weighted by molar-refractivity contribution is -0.148. The highest BCUT2D eigenvalue weighted by Gasteiger charge is 2.34. The number of carbonyl (C=O) groups is 2. The van der Waals surface area contributed by atoms with E-state index in [0.717, 1.165) is 0 Å². The van der Waals surface area contributed by atoms with Crippen molar-refractivity contribution in [3.63, 3.8) is 0 Å². The Labute approximate surface area is 106 Å². The number of aliphatic carboxylic acids is 1. The summed E-state index contributed by atoms with van der Waals surface area (Å²) in [6, 6.07) is -1.31. The van der Waals surface area contributed by atoms with Crippen LogP contribution in [0.4, 0.5) is 0 Å². The lowest BCUT2D eigenvalue weighted by atomic mass is 9.99. The van der Waals surface area contributed by atoms with E-state index in [0.29, 0.717) is 26.3 Å². The van der Waals surface area contributed by atoms with Crippen LogP contribution in [0.3, 0.4) is 0 Å². The molecule has 3 N–H and O–H groups in total. The van der Waals surface area contributed by atoms with Gasteiger partial charge in [0.15, 0.2) is 6.04 Å². The molecule has 0 aromatic heterocycles. The van der Waals surface area contributed by atoms with Crippen molar-refractivity contribution in [1.82, 2.24) is 10.2 Å².